The molecule has 22 heavy (non-hydrogen) atoms. The van der Waals surface area contributed by atoms with E-state index in [4.69, 9.17) is 4.74 Å². The molecule has 0 radical (unpaired) electrons. The fourth-order valence-electron chi connectivity index (χ4n) is 2.23. The van der Waals surface area contributed by atoms with Crippen LogP contribution in [0.4, 0.5) is 0 Å². The van der Waals surface area contributed by atoms with Crippen LogP contribution >= 0.6 is 0 Å². The van der Waals surface area contributed by atoms with Gasteiger partial charge in [-0.15, -0.1) is 0 Å². The molecule has 0 saturated carbocycles. The van der Waals surface area contributed by atoms with Gasteiger partial charge in [-0.05, 0) is 26.8 Å². The van der Waals surface area contributed by atoms with Gasteiger partial charge in [-0.2, -0.15) is 0 Å². The first kappa shape index (κ1) is 16.5. The lowest BCUT2D eigenvalue weighted by molar-refractivity contribution is -0.140. The number of hydrogen-bond donors (Lipinski definition) is 3. The molecule has 1 aromatic rings. The summed E-state index contributed by atoms with van der Waals surface area (Å²) in [5.41, 5.74) is 2.75. The number of ether oxygens (including phenoxy) is 1. The molecular formula is C15H20N2O5. The van der Waals surface area contributed by atoms with Crippen LogP contribution in [-0.2, 0) is 16.0 Å². The van der Waals surface area contributed by atoms with Gasteiger partial charge in [0, 0.05) is 6.42 Å². The molecule has 0 spiro atoms. The SMILES string of the molecule is Cc1nc(C)c(CC(=O)OC2=CC(O)C(O)C(O)C2)nc1C. The molecule has 0 saturated heterocycles. The predicted molar refractivity (Wildman–Crippen MR) is 76.8 cm³/mol. The Hall–Kier alpha value is -1.83. The first-order valence-electron chi connectivity index (χ1n) is 7.04. The molecule has 0 aliphatic heterocycles. The van der Waals surface area contributed by atoms with E-state index in [1.54, 1.807) is 6.92 Å². The third-order valence-corrected chi connectivity index (χ3v) is 3.65. The Morgan fingerprint density at radius 2 is 1.82 bits per heavy atom. The Kier molecular flexibility index (Phi) is 4.90. The Balaban J connectivity index is 2.05. The quantitative estimate of drug-likeness (QED) is 0.666. The average Bonchev–Trinajstić information content (AvgIpc) is 2.42. The largest absolute Gasteiger partial charge is 0.431 e. The van der Waals surface area contributed by atoms with Gasteiger partial charge in [0.2, 0.25) is 0 Å². The van der Waals surface area contributed by atoms with Crippen molar-refractivity contribution in [1.29, 1.82) is 0 Å². The number of aryl methyl sites for hydroxylation is 3. The minimum atomic E-state index is -1.27. The fourth-order valence-corrected chi connectivity index (χ4v) is 2.23. The van der Waals surface area contributed by atoms with E-state index < -0.39 is 24.3 Å². The number of rotatable bonds is 3. The summed E-state index contributed by atoms with van der Waals surface area (Å²) in [6.45, 7) is 5.43. The van der Waals surface area contributed by atoms with E-state index in [1.807, 2.05) is 13.8 Å². The molecule has 1 heterocycles. The minimum Gasteiger partial charge on any atom is -0.431 e. The molecule has 3 unspecified atom stereocenters. The third-order valence-electron chi connectivity index (χ3n) is 3.65. The van der Waals surface area contributed by atoms with E-state index in [2.05, 4.69) is 9.97 Å². The van der Waals surface area contributed by atoms with Gasteiger partial charge in [0.25, 0.3) is 0 Å². The molecule has 120 valence electrons. The van der Waals surface area contributed by atoms with Gasteiger partial charge < -0.3 is 20.1 Å². The Labute approximate surface area is 128 Å². The van der Waals surface area contributed by atoms with Gasteiger partial charge in [0.15, 0.2) is 0 Å². The van der Waals surface area contributed by atoms with Crippen molar-refractivity contribution in [2.45, 2.75) is 51.9 Å². The van der Waals surface area contributed by atoms with Crippen LogP contribution in [0.3, 0.4) is 0 Å². The predicted octanol–water partition coefficient (Wildman–Crippen LogP) is -0.142. The molecule has 3 N–H and O–H groups in total. The topological polar surface area (TPSA) is 113 Å². The molecule has 7 heteroatoms. The summed E-state index contributed by atoms with van der Waals surface area (Å²) < 4.78 is 5.13. The van der Waals surface area contributed by atoms with Crippen LogP contribution in [0.2, 0.25) is 0 Å². The van der Waals surface area contributed by atoms with Crippen molar-refractivity contribution < 1.29 is 24.9 Å². The molecule has 1 aliphatic rings. The van der Waals surface area contributed by atoms with E-state index in [0.717, 1.165) is 11.4 Å². The third kappa shape index (κ3) is 3.68. The summed E-state index contributed by atoms with van der Waals surface area (Å²) >= 11 is 0. The number of carbonyl (C=O) groups excluding carboxylic acids is 1. The highest BCUT2D eigenvalue weighted by Gasteiger charge is 2.30. The van der Waals surface area contributed by atoms with Gasteiger partial charge in [-0.25, -0.2) is 0 Å². The first-order valence-corrected chi connectivity index (χ1v) is 7.04. The average molecular weight is 308 g/mol. The molecule has 0 bridgehead atoms. The van der Waals surface area contributed by atoms with Crippen LogP contribution in [0.25, 0.3) is 0 Å². The maximum Gasteiger partial charge on any atom is 0.317 e. The van der Waals surface area contributed by atoms with Crippen molar-refractivity contribution in [2.75, 3.05) is 0 Å². The number of hydrogen-bond acceptors (Lipinski definition) is 7. The van der Waals surface area contributed by atoms with Gasteiger partial charge in [-0.1, -0.05) is 0 Å². The summed E-state index contributed by atoms with van der Waals surface area (Å²) in [7, 11) is 0. The number of nitrogens with zero attached hydrogens (tertiary/aromatic N) is 2. The summed E-state index contributed by atoms with van der Waals surface area (Å²) in [6.07, 6.45) is -2.53. The van der Waals surface area contributed by atoms with Gasteiger partial charge in [-0.3, -0.25) is 14.8 Å². The zero-order valence-electron chi connectivity index (χ0n) is 12.8. The van der Waals surface area contributed by atoms with Crippen molar-refractivity contribution in [1.82, 2.24) is 9.97 Å². The first-order chi connectivity index (χ1) is 10.3. The molecule has 7 nitrogen and oxygen atoms in total. The number of aliphatic hydroxyl groups excluding tert-OH is 3. The zero-order chi connectivity index (χ0) is 16.4. The van der Waals surface area contributed by atoms with Crippen molar-refractivity contribution in [3.05, 3.63) is 34.6 Å². The second-order valence-corrected chi connectivity index (χ2v) is 5.46. The molecule has 0 aromatic carbocycles. The van der Waals surface area contributed by atoms with Crippen LogP contribution in [0.5, 0.6) is 0 Å². The van der Waals surface area contributed by atoms with E-state index >= 15 is 0 Å². The molecule has 2 rings (SSSR count). The fraction of sp³-hybridized carbons (Fsp3) is 0.533. The molecule has 0 amide bonds. The number of esters is 1. The summed E-state index contributed by atoms with van der Waals surface area (Å²) in [6, 6.07) is 0. The molecule has 0 fully saturated rings. The van der Waals surface area contributed by atoms with Crippen LogP contribution in [0, 0.1) is 20.8 Å². The van der Waals surface area contributed by atoms with Crippen LogP contribution < -0.4 is 0 Å². The normalized spacial score (nSPS) is 24.8. The van der Waals surface area contributed by atoms with Crippen molar-refractivity contribution >= 4 is 5.97 Å². The smallest absolute Gasteiger partial charge is 0.317 e. The highest BCUT2D eigenvalue weighted by molar-refractivity contribution is 5.73. The van der Waals surface area contributed by atoms with Crippen LogP contribution in [0.15, 0.2) is 11.8 Å². The maximum atomic E-state index is 12.0. The monoisotopic (exact) mass is 308 g/mol. The highest BCUT2D eigenvalue weighted by atomic mass is 16.5. The van der Waals surface area contributed by atoms with E-state index in [9.17, 15) is 20.1 Å². The van der Waals surface area contributed by atoms with Crippen molar-refractivity contribution in [3.63, 3.8) is 0 Å². The molecule has 1 aromatic heterocycles. The van der Waals surface area contributed by atoms with Crippen molar-refractivity contribution in [3.8, 4) is 0 Å². The lowest BCUT2D eigenvalue weighted by Gasteiger charge is -2.26. The number of aliphatic hydroxyl groups is 3. The van der Waals surface area contributed by atoms with E-state index in [-0.39, 0.29) is 18.6 Å². The lowest BCUT2D eigenvalue weighted by atomic mass is 9.97. The van der Waals surface area contributed by atoms with Crippen molar-refractivity contribution in [2.24, 2.45) is 0 Å². The second kappa shape index (κ2) is 6.51. The number of carbonyl (C=O) groups is 1. The second-order valence-electron chi connectivity index (χ2n) is 5.46. The molecule has 1 aliphatic carbocycles. The Bertz CT molecular complexity index is 614. The standard InChI is InChI=1S/C15H20N2O5/c1-7-8(2)17-11(9(3)16-7)6-14(20)22-10-4-12(18)15(21)13(19)5-10/h4,12-13,15,18-19,21H,5-6H2,1-3H3. The summed E-state index contributed by atoms with van der Waals surface area (Å²) in [4.78, 5) is 20.6. The Morgan fingerprint density at radius 1 is 1.18 bits per heavy atom. The van der Waals surface area contributed by atoms with Crippen LogP contribution in [0.1, 0.15) is 29.2 Å². The van der Waals surface area contributed by atoms with Gasteiger partial charge in [0.1, 0.15) is 18.0 Å². The van der Waals surface area contributed by atoms with E-state index in [1.165, 1.54) is 6.08 Å². The van der Waals surface area contributed by atoms with E-state index in [0.29, 0.717) is 11.4 Å². The van der Waals surface area contributed by atoms with Crippen LogP contribution in [-0.4, -0.2) is 49.6 Å². The van der Waals surface area contributed by atoms with Gasteiger partial charge in [0.05, 0.1) is 35.3 Å². The van der Waals surface area contributed by atoms with Gasteiger partial charge >= 0.3 is 5.97 Å². The number of aromatic nitrogens is 2. The zero-order valence-corrected chi connectivity index (χ0v) is 12.8. The lowest BCUT2D eigenvalue weighted by Crippen LogP contribution is -2.40. The summed E-state index contributed by atoms with van der Waals surface area (Å²) in [5.74, 6) is -0.410. The Morgan fingerprint density at radius 3 is 2.45 bits per heavy atom. The summed E-state index contributed by atoms with van der Waals surface area (Å²) in [5, 5.41) is 28.5. The minimum absolute atomic E-state index is 0.0262. The maximum absolute atomic E-state index is 12.0. The molecule has 3 atom stereocenters. The molecular weight excluding hydrogens is 288 g/mol. The highest BCUT2D eigenvalue weighted by Crippen LogP contribution is 2.21.